The van der Waals surface area contributed by atoms with Crippen LogP contribution in [0.25, 0.3) is 0 Å². The predicted octanol–water partition coefficient (Wildman–Crippen LogP) is 5.19. The fourth-order valence-electron chi connectivity index (χ4n) is 8.53. The molecule has 12 heteroatoms. The second kappa shape index (κ2) is 17.2. The van der Waals surface area contributed by atoms with Gasteiger partial charge < -0.3 is 20.2 Å². The number of amides is 3. The minimum absolute atomic E-state index is 0.203. The van der Waals surface area contributed by atoms with Gasteiger partial charge in [0.25, 0.3) is 0 Å². The highest BCUT2D eigenvalue weighted by atomic mass is 16.3. The van der Waals surface area contributed by atoms with Crippen molar-refractivity contribution in [2.75, 3.05) is 36.4 Å². The van der Waals surface area contributed by atoms with Crippen molar-refractivity contribution < 1.29 is 19.5 Å². The number of hydrogen-bond acceptors (Lipinski definition) is 10. The highest BCUT2D eigenvalue weighted by molar-refractivity contribution is 6.00. The topological polar surface area (TPSA) is 155 Å². The van der Waals surface area contributed by atoms with Crippen LogP contribution in [-0.2, 0) is 39.5 Å². The van der Waals surface area contributed by atoms with E-state index in [2.05, 4.69) is 55.8 Å². The van der Waals surface area contributed by atoms with E-state index in [1.54, 1.807) is 0 Å². The zero-order chi connectivity index (χ0) is 40.1. The third-order valence-electron chi connectivity index (χ3n) is 12.1. The monoisotopic (exact) mass is 768 g/mol. The SMILES string of the molecule is Cc1ccc(C2(O)CCN(Cc3ccc(N4CCC(Nc5nccc(Cc6c(C)cc(C#N)cc6C)n5)CC4)cc3)CC2)cc1CN(C=O)C1CCC(=O)NC1=O. The Kier molecular flexibility index (Phi) is 12.0. The molecule has 3 aromatic carbocycles. The van der Waals surface area contributed by atoms with Gasteiger partial charge in [0, 0.05) is 70.0 Å². The van der Waals surface area contributed by atoms with E-state index >= 15 is 0 Å². The van der Waals surface area contributed by atoms with Crippen LogP contribution in [0.3, 0.4) is 0 Å². The van der Waals surface area contributed by atoms with E-state index in [9.17, 15) is 24.8 Å². The molecule has 1 unspecified atom stereocenters. The molecule has 7 rings (SSSR count). The number of hydrogen-bond donors (Lipinski definition) is 3. The third-order valence-corrected chi connectivity index (χ3v) is 12.1. The first kappa shape index (κ1) is 39.6. The lowest BCUT2D eigenvalue weighted by Gasteiger charge is -2.39. The Morgan fingerprint density at radius 3 is 2.35 bits per heavy atom. The number of carbonyl (C=O) groups is 3. The first-order valence-electron chi connectivity index (χ1n) is 20.0. The molecule has 296 valence electrons. The maximum atomic E-state index is 12.4. The molecule has 1 atom stereocenters. The van der Waals surface area contributed by atoms with E-state index in [-0.39, 0.29) is 18.9 Å². The number of imide groups is 1. The molecule has 3 aliphatic heterocycles. The van der Waals surface area contributed by atoms with Crippen LogP contribution in [0.1, 0.15) is 88.7 Å². The number of aliphatic hydroxyl groups is 1. The molecule has 3 fully saturated rings. The summed E-state index contributed by atoms with van der Waals surface area (Å²) >= 11 is 0. The molecule has 3 N–H and O–H groups in total. The number of aryl methyl sites for hydroxylation is 3. The Morgan fingerprint density at radius 2 is 1.68 bits per heavy atom. The summed E-state index contributed by atoms with van der Waals surface area (Å²) in [6.45, 7) is 10.5. The van der Waals surface area contributed by atoms with E-state index in [4.69, 9.17) is 4.98 Å². The van der Waals surface area contributed by atoms with Crippen LogP contribution in [0, 0.1) is 32.1 Å². The molecule has 4 heterocycles. The highest BCUT2D eigenvalue weighted by Gasteiger charge is 2.35. The number of nitrogens with one attached hydrogen (secondary N) is 2. The lowest BCUT2D eigenvalue weighted by Crippen LogP contribution is -2.51. The molecule has 0 radical (unpaired) electrons. The Bertz CT molecular complexity index is 2130. The largest absolute Gasteiger partial charge is 0.385 e. The molecule has 0 spiro atoms. The number of rotatable bonds is 12. The van der Waals surface area contributed by atoms with Crippen molar-refractivity contribution in [3.8, 4) is 6.07 Å². The van der Waals surface area contributed by atoms with Crippen molar-refractivity contribution in [1.29, 1.82) is 5.26 Å². The van der Waals surface area contributed by atoms with Crippen LogP contribution in [-0.4, -0.2) is 81.4 Å². The molecule has 1 aromatic heterocycles. The minimum atomic E-state index is -0.982. The first-order valence-corrected chi connectivity index (χ1v) is 20.0. The van der Waals surface area contributed by atoms with Gasteiger partial charge in [0.05, 0.1) is 22.9 Å². The second-order valence-corrected chi connectivity index (χ2v) is 16.0. The maximum absolute atomic E-state index is 12.4. The summed E-state index contributed by atoms with van der Waals surface area (Å²) in [5.41, 5.74) is 9.20. The minimum Gasteiger partial charge on any atom is -0.385 e. The lowest BCUT2D eigenvalue weighted by atomic mass is 9.83. The summed E-state index contributed by atoms with van der Waals surface area (Å²) in [4.78, 5) is 51.7. The lowest BCUT2D eigenvalue weighted by molar-refractivity contribution is -0.141. The predicted molar refractivity (Wildman–Crippen MR) is 218 cm³/mol. The summed E-state index contributed by atoms with van der Waals surface area (Å²) in [6, 6.07) is 22.4. The standard InChI is InChI=1S/C45H52N8O4/c1-30-4-7-36(24-35(30)28-53(29-54)41-10-11-42(55)50-43(41)56)45(57)15-20-51(21-16-45)27-33-5-8-39(9-6-33)52-18-13-37(14-19-52)48-44-47-17-12-38(49-44)25-40-31(2)22-34(26-46)23-32(40)3/h4-9,12,17,22-24,29,37,41,57H,10-11,13-16,18-21,25,27-28H2,1-3H3,(H,47,48,49)(H,50,55,56). The Morgan fingerprint density at radius 1 is 0.965 bits per heavy atom. The molecular weight excluding hydrogens is 717 g/mol. The van der Waals surface area contributed by atoms with Crippen molar-refractivity contribution in [1.82, 2.24) is 25.1 Å². The number of aromatic nitrogens is 2. The molecule has 0 bridgehead atoms. The van der Waals surface area contributed by atoms with E-state index in [0.29, 0.717) is 49.6 Å². The fourth-order valence-corrected chi connectivity index (χ4v) is 8.53. The van der Waals surface area contributed by atoms with Crippen LogP contribution >= 0.6 is 0 Å². The molecule has 3 saturated heterocycles. The van der Waals surface area contributed by atoms with Crippen molar-refractivity contribution >= 4 is 29.9 Å². The van der Waals surface area contributed by atoms with Crippen LogP contribution < -0.4 is 15.5 Å². The van der Waals surface area contributed by atoms with Crippen LogP contribution in [0.4, 0.5) is 11.6 Å². The number of carbonyl (C=O) groups excluding carboxylic acids is 3. The van der Waals surface area contributed by atoms with Crippen LogP contribution in [0.5, 0.6) is 0 Å². The molecule has 0 saturated carbocycles. The number of nitriles is 1. The second-order valence-electron chi connectivity index (χ2n) is 16.0. The van der Waals surface area contributed by atoms with Crippen molar-refractivity contribution in [2.45, 2.75) is 96.5 Å². The van der Waals surface area contributed by atoms with Crippen LogP contribution in [0.2, 0.25) is 0 Å². The van der Waals surface area contributed by atoms with Gasteiger partial charge in [-0.1, -0.05) is 30.3 Å². The number of likely N-dealkylation sites (tertiary alicyclic amines) is 1. The molecular formula is C45H52N8O4. The van der Waals surface area contributed by atoms with Gasteiger partial charge in [-0.2, -0.15) is 5.26 Å². The summed E-state index contributed by atoms with van der Waals surface area (Å²) < 4.78 is 0. The number of nitrogens with zero attached hydrogens (tertiary/aromatic N) is 6. The molecule has 57 heavy (non-hydrogen) atoms. The van der Waals surface area contributed by atoms with Crippen LogP contribution in [0.15, 0.2) is 66.9 Å². The summed E-state index contributed by atoms with van der Waals surface area (Å²) in [5.74, 6) is -0.101. The normalized spacial score (nSPS) is 18.8. The highest BCUT2D eigenvalue weighted by Crippen LogP contribution is 2.35. The van der Waals surface area contributed by atoms with Gasteiger partial charge in [0.1, 0.15) is 6.04 Å². The van der Waals surface area contributed by atoms with Crippen molar-refractivity contribution in [3.63, 3.8) is 0 Å². The molecule has 3 aliphatic rings. The molecule has 12 nitrogen and oxygen atoms in total. The Hall–Kier alpha value is -5.64. The first-order chi connectivity index (χ1) is 27.5. The molecule has 0 aliphatic carbocycles. The third kappa shape index (κ3) is 9.33. The van der Waals surface area contributed by atoms with Gasteiger partial charge in [0.2, 0.25) is 24.2 Å². The van der Waals surface area contributed by atoms with Gasteiger partial charge >= 0.3 is 0 Å². The fraction of sp³-hybridized carbons (Fsp3) is 0.422. The Balaban J connectivity index is 0.880. The van der Waals surface area contributed by atoms with E-state index < -0.39 is 17.6 Å². The zero-order valence-electron chi connectivity index (χ0n) is 33.1. The van der Waals surface area contributed by atoms with E-state index in [1.165, 1.54) is 21.7 Å². The Labute approximate surface area is 334 Å². The number of benzene rings is 3. The van der Waals surface area contributed by atoms with Gasteiger partial charge in [-0.15, -0.1) is 0 Å². The van der Waals surface area contributed by atoms with Gasteiger partial charge in [-0.25, -0.2) is 9.97 Å². The quantitative estimate of drug-likeness (QED) is 0.130. The smallest absolute Gasteiger partial charge is 0.249 e. The summed E-state index contributed by atoms with van der Waals surface area (Å²) in [7, 11) is 0. The van der Waals surface area contributed by atoms with Crippen molar-refractivity contribution in [2.24, 2.45) is 0 Å². The zero-order valence-corrected chi connectivity index (χ0v) is 33.1. The van der Waals surface area contributed by atoms with Gasteiger partial charge in [0.15, 0.2) is 0 Å². The van der Waals surface area contributed by atoms with Gasteiger partial charge in [-0.3, -0.25) is 24.6 Å². The average molecular weight is 769 g/mol. The number of piperidine rings is 3. The molecule has 3 amide bonds. The maximum Gasteiger partial charge on any atom is 0.249 e. The average Bonchev–Trinajstić information content (AvgIpc) is 3.21. The van der Waals surface area contributed by atoms with E-state index in [1.807, 2.05) is 63.4 Å². The van der Waals surface area contributed by atoms with Gasteiger partial charge in [-0.05, 0) is 122 Å². The molecule has 4 aromatic rings. The van der Waals surface area contributed by atoms with Crippen molar-refractivity contribution in [3.05, 3.63) is 117 Å². The number of anilines is 2. The summed E-state index contributed by atoms with van der Waals surface area (Å²) in [5, 5.41) is 27.0. The van der Waals surface area contributed by atoms with E-state index in [0.717, 1.165) is 79.1 Å². The summed E-state index contributed by atoms with van der Waals surface area (Å²) in [6.07, 6.45) is 6.84.